The van der Waals surface area contributed by atoms with Crippen LogP contribution in [0.1, 0.15) is 32.4 Å². The fraction of sp³-hybridized carbons (Fsp3) is 0.643. The molecule has 2 rings (SSSR count). The van der Waals surface area contributed by atoms with Gasteiger partial charge in [0, 0.05) is 13.1 Å². The molecule has 0 aromatic carbocycles. The summed E-state index contributed by atoms with van der Waals surface area (Å²) in [6.07, 6.45) is 6.71. The maximum atomic E-state index is 4.21. The summed E-state index contributed by atoms with van der Waals surface area (Å²) >= 11 is 1.92. The highest BCUT2D eigenvalue weighted by Gasteiger charge is 2.15. The van der Waals surface area contributed by atoms with Gasteiger partial charge in [0.25, 0.3) is 0 Å². The lowest BCUT2D eigenvalue weighted by Gasteiger charge is -2.22. The molecule has 0 spiro atoms. The normalized spacial score (nSPS) is 17.2. The Balaban J connectivity index is 2.01. The summed E-state index contributed by atoms with van der Waals surface area (Å²) in [5, 5.41) is 7.38. The monoisotopic (exact) mass is 265 g/mol. The van der Waals surface area contributed by atoms with Crippen molar-refractivity contribution in [2.45, 2.75) is 31.6 Å². The zero-order valence-electron chi connectivity index (χ0n) is 11.6. The summed E-state index contributed by atoms with van der Waals surface area (Å²) in [7, 11) is 2.18. The second kappa shape index (κ2) is 6.43. The van der Waals surface area contributed by atoms with Crippen LogP contribution in [-0.2, 0) is 0 Å². The third-order valence-corrected chi connectivity index (χ3v) is 4.28. The van der Waals surface area contributed by atoms with Gasteiger partial charge in [0.2, 0.25) is 0 Å². The van der Waals surface area contributed by atoms with E-state index in [1.165, 1.54) is 28.3 Å². The smallest absolute Gasteiger partial charge is 0.0755 e. The zero-order chi connectivity index (χ0) is 13.0. The first-order valence-electron chi connectivity index (χ1n) is 6.71. The Morgan fingerprint density at radius 2 is 2.33 bits per heavy atom. The van der Waals surface area contributed by atoms with Gasteiger partial charge in [-0.25, -0.2) is 0 Å². The van der Waals surface area contributed by atoms with Crippen LogP contribution in [0, 0.1) is 5.92 Å². The van der Waals surface area contributed by atoms with E-state index in [9.17, 15) is 0 Å². The maximum Gasteiger partial charge on any atom is 0.0755 e. The number of H-pyrrole nitrogens is 1. The van der Waals surface area contributed by atoms with E-state index >= 15 is 0 Å². The van der Waals surface area contributed by atoms with Gasteiger partial charge in [-0.15, -0.1) is 11.8 Å². The van der Waals surface area contributed by atoms with Crippen LogP contribution < -0.4 is 0 Å². The topological polar surface area (TPSA) is 31.9 Å². The molecule has 4 heteroatoms. The Bertz CT molecular complexity index is 409. The minimum atomic E-state index is 0.771. The third-order valence-electron chi connectivity index (χ3n) is 3.22. The van der Waals surface area contributed by atoms with Crippen molar-refractivity contribution < 1.29 is 0 Å². The van der Waals surface area contributed by atoms with Crippen molar-refractivity contribution in [1.29, 1.82) is 0 Å². The minimum absolute atomic E-state index is 0.771. The third kappa shape index (κ3) is 3.62. The molecule has 2 heterocycles. The van der Waals surface area contributed by atoms with Crippen LogP contribution in [0.2, 0.25) is 0 Å². The van der Waals surface area contributed by atoms with Gasteiger partial charge in [-0.3, -0.25) is 5.10 Å². The highest BCUT2D eigenvalue weighted by Crippen LogP contribution is 2.29. The number of thioether (sulfide) groups is 1. The minimum Gasteiger partial charge on any atom is -0.302 e. The molecule has 1 N–H and O–H groups in total. The van der Waals surface area contributed by atoms with Crippen molar-refractivity contribution >= 4 is 17.3 Å². The molecule has 1 aromatic rings. The first-order chi connectivity index (χ1) is 8.66. The van der Waals surface area contributed by atoms with Gasteiger partial charge >= 0.3 is 0 Å². The molecule has 18 heavy (non-hydrogen) atoms. The first kappa shape index (κ1) is 13.7. The van der Waals surface area contributed by atoms with E-state index in [2.05, 4.69) is 42.1 Å². The molecule has 3 nitrogen and oxygen atoms in total. The summed E-state index contributed by atoms with van der Waals surface area (Å²) in [6, 6.07) is 0. The van der Waals surface area contributed by atoms with Crippen molar-refractivity contribution in [3.63, 3.8) is 0 Å². The van der Waals surface area contributed by atoms with Crippen LogP contribution in [0.4, 0.5) is 0 Å². The van der Waals surface area contributed by atoms with Crippen LogP contribution in [0.5, 0.6) is 0 Å². The molecule has 0 atom stereocenters. The van der Waals surface area contributed by atoms with Crippen LogP contribution in [0.15, 0.2) is 17.2 Å². The number of hydrogen-bond donors (Lipinski definition) is 1. The van der Waals surface area contributed by atoms with Crippen LogP contribution >= 0.6 is 11.8 Å². The lowest BCUT2D eigenvalue weighted by atomic mass is 10.1. The van der Waals surface area contributed by atoms with Gasteiger partial charge in [-0.2, -0.15) is 5.10 Å². The van der Waals surface area contributed by atoms with Gasteiger partial charge in [0.05, 0.1) is 16.8 Å². The number of likely N-dealkylation sites (N-methyl/N-ethyl adjacent to an activating group) is 1. The number of aromatic nitrogens is 2. The quantitative estimate of drug-likeness (QED) is 0.829. The SMILES string of the molecule is CC(C)CCSc1cn[nH]c1C1=CCCN(C)C1. The van der Waals surface area contributed by atoms with E-state index in [0.717, 1.165) is 25.4 Å². The van der Waals surface area contributed by atoms with Crippen molar-refractivity contribution in [3.8, 4) is 0 Å². The Morgan fingerprint density at radius 3 is 3.06 bits per heavy atom. The average Bonchev–Trinajstić information content (AvgIpc) is 2.77. The largest absolute Gasteiger partial charge is 0.302 e. The molecular weight excluding hydrogens is 242 g/mol. The molecule has 0 bridgehead atoms. The van der Waals surface area contributed by atoms with E-state index < -0.39 is 0 Å². The molecule has 0 saturated heterocycles. The van der Waals surface area contributed by atoms with Crippen molar-refractivity contribution in [2.75, 3.05) is 25.9 Å². The first-order valence-corrected chi connectivity index (χ1v) is 7.69. The number of hydrogen-bond acceptors (Lipinski definition) is 3. The van der Waals surface area contributed by atoms with Gasteiger partial charge in [0.1, 0.15) is 0 Å². The number of nitrogens with one attached hydrogen (secondary N) is 1. The average molecular weight is 265 g/mol. The number of rotatable bonds is 5. The van der Waals surface area contributed by atoms with Crippen molar-refractivity contribution in [2.24, 2.45) is 5.92 Å². The standard InChI is InChI=1S/C14H23N3S/c1-11(2)6-8-18-13-9-15-16-14(13)12-5-4-7-17(3)10-12/h5,9,11H,4,6-8,10H2,1-3H3,(H,15,16). The van der Waals surface area contributed by atoms with E-state index in [1.54, 1.807) is 0 Å². The van der Waals surface area contributed by atoms with E-state index in [-0.39, 0.29) is 0 Å². The molecule has 0 unspecified atom stereocenters. The molecule has 1 aliphatic heterocycles. The molecule has 0 radical (unpaired) electrons. The molecule has 0 saturated carbocycles. The van der Waals surface area contributed by atoms with Gasteiger partial charge in [-0.1, -0.05) is 19.9 Å². The highest BCUT2D eigenvalue weighted by atomic mass is 32.2. The summed E-state index contributed by atoms with van der Waals surface area (Å²) in [5.41, 5.74) is 2.63. The van der Waals surface area contributed by atoms with E-state index in [0.29, 0.717) is 0 Å². The van der Waals surface area contributed by atoms with Gasteiger partial charge < -0.3 is 4.90 Å². The Morgan fingerprint density at radius 1 is 1.50 bits per heavy atom. The predicted octanol–water partition coefficient (Wildman–Crippen LogP) is 3.27. The molecule has 0 amide bonds. The summed E-state index contributed by atoms with van der Waals surface area (Å²) in [6.45, 7) is 6.73. The van der Waals surface area contributed by atoms with Crippen LogP contribution in [0.3, 0.4) is 0 Å². The summed E-state index contributed by atoms with van der Waals surface area (Å²) in [5.74, 6) is 1.95. The fourth-order valence-corrected chi connectivity index (χ4v) is 3.35. The van der Waals surface area contributed by atoms with Crippen LogP contribution in [-0.4, -0.2) is 41.0 Å². The maximum absolute atomic E-state index is 4.21. The fourth-order valence-electron chi connectivity index (χ4n) is 2.09. The molecule has 0 fully saturated rings. The number of aromatic amines is 1. The van der Waals surface area contributed by atoms with E-state index in [1.807, 2.05) is 18.0 Å². The lowest BCUT2D eigenvalue weighted by molar-refractivity contribution is 0.372. The highest BCUT2D eigenvalue weighted by molar-refractivity contribution is 7.99. The lowest BCUT2D eigenvalue weighted by Crippen LogP contribution is -2.25. The summed E-state index contributed by atoms with van der Waals surface area (Å²) < 4.78 is 0. The molecule has 1 aromatic heterocycles. The Kier molecular flexibility index (Phi) is 4.89. The van der Waals surface area contributed by atoms with Crippen molar-refractivity contribution in [1.82, 2.24) is 15.1 Å². The second-order valence-corrected chi connectivity index (χ2v) is 6.53. The Labute approximate surface area is 114 Å². The van der Waals surface area contributed by atoms with Gasteiger partial charge in [0.15, 0.2) is 0 Å². The van der Waals surface area contributed by atoms with E-state index in [4.69, 9.17) is 0 Å². The zero-order valence-corrected chi connectivity index (χ0v) is 12.4. The summed E-state index contributed by atoms with van der Waals surface area (Å²) in [4.78, 5) is 3.66. The van der Waals surface area contributed by atoms with Gasteiger partial charge in [-0.05, 0) is 37.1 Å². The molecule has 100 valence electrons. The Hall–Kier alpha value is -0.740. The molecule has 0 aliphatic carbocycles. The molecular formula is C14H23N3S. The molecule has 1 aliphatic rings. The van der Waals surface area contributed by atoms with Crippen molar-refractivity contribution in [3.05, 3.63) is 18.0 Å². The second-order valence-electron chi connectivity index (χ2n) is 5.40. The predicted molar refractivity (Wildman–Crippen MR) is 78.9 cm³/mol. The van der Waals surface area contributed by atoms with Crippen LogP contribution in [0.25, 0.3) is 5.57 Å². The number of nitrogens with zero attached hydrogens (tertiary/aromatic N) is 2.